The van der Waals surface area contributed by atoms with Crippen LogP contribution in [-0.4, -0.2) is 30.0 Å². The molecule has 0 aliphatic rings. The topological polar surface area (TPSA) is 84.2 Å². The van der Waals surface area contributed by atoms with Gasteiger partial charge in [-0.2, -0.15) is 11.8 Å². The van der Waals surface area contributed by atoms with Crippen molar-refractivity contribution in [2.24, 2.45) is 5.73 Å². The van der Waals surface area contributed by atoms with E-state index in [1.807, 2.05) is 6.26 Å². The van der Waals surface area contributed by atoms with Crippen LogP contribution in [0.15, 0.2) is 18.2 Å². The van der Waals surface area contributed by atoms with Gasteiger partial charge in [-0.05, 0) is 36.1 Å². The van der Waals surface area contributed by atoms with Crippen LogP contribution in [0.3, 0.4) is 0 Å². The van der Waals surface area contributed by atoms with Gasteiger partial charge in [0.25, 0.3) is 0 Å². The fraction of sp³-hybridized carbons (Fsp3) is 0.385. The van der Waals surface area contributed by atoms with Crippen LogP contribution in [0.5, 0.6) is 0 Å². The van der Waals surface area contributed by atoms with E-state index >= 15 is 0 Å². The molecule has 1 aromatic carbocycles. The predicted molar refractivity (Wildman–Crippen MR) is 82.8 cm³/mol. The molecule has 8 heteroatoms. The summed E-state index contributed by atoms with van der Waals surface area (Å²) < 4.78 is 13.0. The summed E-state index contributed by atoms with van der Waals surface area (Å²) in [6.07, 6.45) is 2.37. The maximum Gasteiger partial charge on any atom is 0.312 e. The number of urea groups is 1. The average molecular weight is 334 g/mol. The number of hydrogen-bond donors (Lipinski definition) is 3. The minimum absolute atomic E-state index is 0.00376. The Labute approximate surface area is 131 Å². The third kappa shape index (κ3) is 6.22. The Kier molecular flexibility index (Phi) is 7.31. The highest BCUT2D eigenvalue weighted by atomic mass is 35.5. The second-order valence-electron chi connectivity index (χ2n) is 4.31. The molecule has 5 nitrogen and oxygen atoms in total. The first-order chi connectivity index (χ1) is 9.93. The molecule has 0 spiro atoms. The van der Waals surface area contributed by atoms with E-state index < -0.39 is 17.9 Å². The first-order valence-electron chi connectivity index (χ1n) is 6.20. The molecule has 0 heterocycles. The maximum atomic E-state index is 13.0. The van der Waals surface area contributed by atoms with Gasteiger partial charge in [-0.1, -0.05) is 17.7 Å². The van der Waals surface area contributed by atoms with E-state index in [0.29, 0.717) is 17.7 Å². The van der Waals surface area contributed by atoms with Crippen molar-refractivity contribution >= 4 is 35.3 Å². The summed E-state index contributed by atoms with van der Waals surface area (Å²) in [6.45, 7) is 0.190. The summed E-state index contributed by atoms with van der Waals surface area (Å²) in [5.41, 5.74) is 5.71. The van der Waals surface area contributed by atoms with E-state index in [2.05, 4.69) is 10.6 Å². The number of nitrogens with one attached hydrogen (secondary N) is 2. The van der Waals surface area contributed by atoms with E-state index in [4.69, 9.17) is 17.3 Å². The largest absolute Gasteiger partial charge is 0.352 e. The number of primary amides is 1. The zero-order chi connectivity index (χ0) is 15.8. The van der Waals surface area contributed by atoms with E-state index in [9.17, 15) is 14.0 Å². The average Bonchev–Trinajstić information content (AvgIpc) is 2.44. The lowest BCUT2D eigenvalue weighted by molar-refractivity contribution is -0.123. The summed E-state index contributed by atoms with van der Waals surface area (Å²) in [7, 11) is 0. The number of amides is 3. The summed E-state index contributed by atoms with van der Waals surface area (Å²) in [4.78, 5) is 22.9. The molecular formula is C13H17ClFN3O2S. The Balaban J connectivity index is 2.59. The maximum absolute atomic E-state index is 13.0. The molecule has 0 aromatic heterocycles. The molecular weight excluding hydrogens is 317 g/mol. The fourth-order valence-corrected chi connectivity index (χ4v) is 2.31. The number of carbonyl (C=O) groups is 2. The molecule has 4 N–H and O–H groups in total. The third-order valence-corrected chi connectivity index (χ3v) is 3.63. The van der Waals surface area contributed by atoms with Gasteiger partial charge < -0.3 is 16.4 Å². The van der Waals surface area contributed by atoms with Gasteiger partial charge in [-0.15, -0.1) is 0 Å². The van der Waals surface area contributed by atoms with Crippen LogP contribution in [0.25, 0.3) is 0 Å². The van der Waals surface area contributed by atoms with Crippen molar-refractivity contribution in [3.8, 4) is 0 Å². The molecule has 0 aliphatic carbocycles. The van der Waals surface area contributed by atoms with Gasteiger partial charge >= 0.3 is 6.03 Å². The van der Waals surface area contributed by atoms with Crippen LogP contribution in [0.1, 0.15) is 12.0 Å². The van der Waals surface area contributed by atoms with Crippen molar-refractivity contribution in [1.29, 1.82) is 0 Å². The van der Waals surface area contributed by atoms with Gasteiger partial charge in [-0.25, -0.2) is 9.18 Å². The van der Waals surface area contributed by atoms with Gasteiger partial charge in [0.05, 0.1) is 5.02 Å². The minimum atomic E-state index is -0.749. The number of nitrogens with two attached hydrogens (primary N) is 1. The molecule has 1 rings (SSSR count). The number of carbonyl (C=O) groups excluding carboxylic acids is 2. The number of thioether (sulfide) groups is 1. The van der Waals surface area contributed by atoms with Crippen LogP contribution in [-0.2, 0) is 11.3 Å². The zero-order valence-corrected chi connectivity index (χ0v) is 13.1. The first kappa shape index (κ1) is 17.6. The second-order valence-corrected chi connectivity index (χ2v) is 5.70. The number of rotatable bonds is 7. The Morgan fingerprint density at radius 3 is 2.76 bits per heavy atom. The van der Waals surface area contributed by atoms with Crippen molar-refractivity contribution in [2.45, 2.75) is 19.0 Å². The lowest BCUT2D eigenvalue weighted by atomic mass is 10.2. The highest BCUT2D eigenvalue weighted by Crippen LogP contribution is 2.15. The quantitative estimate of drug-likeness (QED) is 0.712. The SMILES string of the molecule is CSCC[C@@H](NC(N)=O)C(=O)NCc1ccc(F)c(Cl)c1. The molecule has 0 bridgehead atoms. The van der Waals surface area contributed by atoms with E-state index in [1.165, 1.54) is 18.2 Å². The van der Waals surface area contributed by atoms with Gasteiger partial charge in [0, 0.05) is 6.54 Å². The zero-order valence-electron chi connectivity index (χ0n) is 11.5. The third-order valence-electron chi connectivity index (χ3n) is 2.69. The molecule has 0 unspecified atom stereocenters. The highest BCUT2D eigenvalue weighted by molar-refractivity contribution is 7.98. The molecule has 21 heavy (non-hydrogen) atoms. The van der Waals surface area contributed by atoms with Crippen molar-refractivity contribution in [1.82, 2.24) is 10.6 Å². The summed E-state index contributed by atoms with van der Waals surface area (Å²) in [5.74, 6) is -0.149. The van der Waals surface area contributed by atoms with Crippen LogP contribution in [0.2, 0.25) is 5.02 Å². The second kappa shape index (κ2) is 8.74. The Hall–Kier alpha value is -1.47. The normalized spacial score (nSPS) is 11.8. The smallest absolute Gasteiger partial charge is 0.312 e. The minimum Gasteiger partial charge on any atom is -0.352 e. The molecule has 116 valence electrons. The number of halogens is 2. The molecule has 0 fully saturated rings. The van der Waals surface area contributed by atoms with Crippen molar-refractivity contribution in [3.05, 3.63) is 34.6 Å². The number of hydrogen-bond acceptors (Lipinski definition) is 3. The van der Waals surface area contributed by atoms with Crippen LogP contribution >= 0.6 is 23.4 Å². The van der Waals surface area contributed by atoms with Crippen molar-refractivity contribution < 1.29 is 14.0 Å². The molecule has 0 radical (unpaired) electrons. The van der Waals surface area contributed by atoms with Gasteiger partial charge in [-0.3, -0.25) is 4.79 Å². The summed E-state index contributed by atoms with van der Waals surface area (Å²) in [5, 5.41) is 5.06. The van der Waals surface area contributed by atoms with Crippen LogP contribution in [0.4, 0.5) is 9.18 Å². The molecule has 3 amide bonds. The van der Waals surface area contributed by atoms with Gasteiger partial charge in [0.2, 0.25) is 5.91 Å². The molecule has 1 aromatic rings. The molecule has 0 aliphatic heterocycles. The van der Waals surface area contributed by atoms with Gasteiger partial charge in [0.15, 0.2) is 0 Å². The Morgan fingerprint density at radius 1 is 1.48 bits per heavy atom. The molecule has 0 saturated heterocycles. The van der Waals surface area contributed by atoms with E-state index in [-0.39, 0.29) is 17.5 Å². The lowest BCUT2D eigenvalue weighted by Crippen LogP contribution is -2.48. The van der Waals surface area contributed by atoms with Gasteiger partial charge in [0.1, 0.15) is 11.9 Å². The van der Waals surface area contributed by atoms with E-state index in [0.717, 1.165) is 0 Å². The number of benzene rings is 1. The van der Waals surface area contributed by atoms with Crippen molar-refractivity contribution in [3.63, 3.8) is 0 Å². The summed E-state index contributed by atoms with van der Waals surface area (Å²) >= 11 is 7.23. The first-order valence-corrected chi connectivity index (χ1v) is 7.97. The van der Waals surface area contributed by atoms with Crippen LogP contribution in [0, 0.1) is 5.82 Å². The molecule has 0 saturated carbocycles. The Bertz CT molecular complexity index is 516. The Morgan fingerprint density at radius 2 is 2.19 bits per heavy atom. The monoisotopic (exact) mass is 333 g/mol. The van der Waals surface area contributed by atoms with Crippen LogP contribution < -0.4 is 16.4 Å². The molecule has 1 atom stereocenters. The van der Waals surface area contributed by atoms with E-state index in [1.54, 1.807) is 11.8 Å². The lowest BCUT2D eigenvalue weighted by Gasteiger charge is -2.17. The van der Waals surface area contributed by atoms with Crippen molar-refractivity contribution in [2.75, 3.05) is 12.0 Å². The highest BCUT2D eigenvalue weighted by Gasteiger charge is 2.19. The fourth-order valence-electron chi connectivity index (χ4n) is 1.64. The summed E-state index contributed by atoms with van der Waals surface area (Å²) in [6, 6.07) is 2.76. The standard InChI is InChI=1S/C13H17ClFN3O2S/c1-21-5-4-11(18-13(16)20)12(19)17-7-8-2-3-10(15)9(14)6-8/h2-3,6,11H,4-5,7H2,1H3,(H,17,19)(H3,16,18,20)/t11-/m1/s1. The predicted octanol–water partition coefficient (Wildman–Crippen LogP) is 1.89.